The number of aromatic nitrogens is 6. The summed E-state index contributed by atoms with van der Waals surface area (Å²) in [6.45, 7) is 6.63. The summed E-state index contributed by atoms with van der Waals surface area (Å²) in [5, 5.41) is 0.144. The smallest absolute Gasteiger partial charge is 0.261 e. The molecule has 1 N–H and O–H groups in total. The van der Waals surface area contributed by atoms with Crippen LogP contribution in [0.3, 0.4) is 0 Å². The van der Waals surface area contributed by atoms with Gasteiger partial charge < -0.3 is 4.98 Å². The predicted octanol–water partition coefficient (Wildman–Crippen LogP) is 3.05. The molecule has 3 aromatic heterocycles. The third-order valence-electron chi connectivity index (χ3n) is 4.52. The Kier molecular flexibility index (Phi) is 4.43. The van der Waals surface area contributed by atoms with Gasteiger partial charge in [-0.15, -0.1) is 0 Å². The summed E-state index contributed by atoms with van der Waals surface area (Å²) in [6, 6.07) is 5.70. The SMILES string of the molecule is Cc1cccc2nc(C(S)c3ncnc4[nH]cnc34)n(CC(C)C)c(=O)c12. The van der Waals surface area contributed by atoms with Crippen LogP contribution in [0.5, 0.6) is 0 Å². The second kappa shape index (κ2) is 6.77. The number of benzene rings is 1. The van der Waals surface area contributed by atoms with Crippen molar-refractivity contribution in [3.05, 3.63) is 58.3 Å². The Bertz CT molecular complexity index is 1200. The summed E-state index contributed by atoms with van der Waals surface area (Å²) in [5.41, 5.74) is 3.43. The van der Waals surface area contributed by atoms with E-state index in [2.05, 4.69) is 33.8 Å². The summed E-state index contributed by atoms with van der Waals surface area (Å²) in [7, 11) is 0. The molecular weight excluding hydrogens is 360 g/mol. The van der Waals surface area contributed by atoms with Crippen molar-refractivity contribution >= 4 is 34.7 Å². The number of hydrogen-bond acceptors (Lipinski definition) is 6. The maximum Gasteiger partial charge on any atom is 0.261 e. The first-order valence-electron chi connectivity index (χ1n) is 8.79. The van der Waals surface area contributed by atoms with Gasteiger partial charge in [0.1, 0.15) is 22.9 Å². The van der Waals surface area contributed by atoms with Crippen LogP contribution in [0.25, 0.3) is 22.1 Å². The first-order chi connectivity index (χ1) is 13.0. The van der Waals surface area contributed by atoms with Crippen molar-refractivity contribution in [1.82, 2.24) is 29.5 Å². The summed E-state index contributed by atoms with van der Waals surface area (Å²) in [6.07, 6.45) is 3.04. The van der Waals surface area contributed by atoms with Gasteiger partial charge in [-0.3, -0.25) is 9.36 Å². The molecule has 27 heavy (non-hydrogen) atoms. The molecule has 0 fully saturated rings. The molecule has 1 atom stereocenters. The Morgan fingerprint density at radius 1 is 1.22 bits per heavy atom. The number of imidazole rings is 1. The van der Waals surface area contributed by atoms with E-state index in [9.17, 15) is 4.79 Å². The highest BCUT2D eigenvalue weighted by Gasteiger charge is 2.23. The molecule has 0 saturated heterocycles. The van der Waals surface area contributed by atoms with Crippen molar-refractivity contribution in [3.8, 4) is 0 Å². The van der Waals surface area contributed by atoms with Crippen LogP contribution in [0, 0.1) is 12.8 Å². The van der Waals surface area contributed by atoms with E-state index in [1.54, 1.807) is 10.9 Å². The molecule has 0 saturated carbocycles. The number of aromatic amines is 1. The van der Waals surface area contributed by atoms with E-state index in [1.807, 2.05) is 25.1 Å². The van der Waals surface area contributed by atoms with Gasteiger partial charge in [-0.05, 0) is 24.5 Å². The average Bonchev–Trinajstić information content (AvgIpc) is 3.11. The largest absolute Gasteiger partial charge is 0.329 e. The fourth-order valence-corrected chi connectivity index (χ4v) is 3.69. The highest BCUT2D eigenvalue weighted by atomic mass is 32.1. The lowest BCUT2D eigenvalue weighted by molar-refractivity contribution is 0.492. The van der Waals surface area contributed by atoms with E-state index in [-0.39, 0.29) is 11.5 Å². The lowest BCUT2D eigenvalue weighted by atomic mass is 10.1. The van der Waals surface area contributed by atoms with E-state index >= 15 is 0 Å². The van der Waals surface area contributed by atoms with Crippen molar-refractivity contribution in [3.63, 3.8) is 0 Å². The molecule has 0 bridgehead atoms. The highest BCUT2D eigenvalue weighted by molar-refractivity contribution is 7.80. The second-order valence-corrected chi connectivity index (χ2v) is 7.53. The molecule has 0 amide bonds. The van der Waals surface area contributed by atoms with Crippen molar-refractivity contribution in [2.75, 3.05) is 0 Å². The van der Waals surface area contributed by atoms with E-state index in [0.29, 0.717) is 40.1 Å². The number of aryl methyl sites for hydroxylation is 1. The van der Waals surface area contributed by atoms with Crippen LogP contribution in [-0.2, 0) is 6.54 Å². The van der Waals surface area contributed by atoms with Crippen molar-refractivity contribution in [1.29, 1.82) is 0 Å². The predicted molar refractivity (Wildman–Crippen MR) is 108 cm³/mol. The molecule has 138 valence electrons. The number of H-pyrrole nitrogens is 1. The third kappa shape index (κ3) is 2.99. The molecule has 7 nitrogen and oxygen atoms in total. The van der Waals surface area contributed by atoms with Gasteiger partial charge in [-0.25, -0.2) is 19.9 Å². The van der Waals surface area contributed by atoms with Gasteiger partial charge >= 0.3 is 0 Å². The fraction of sp³-hybridized carbons (Fsp3) is 0.316. The minimum atomic E-state index is -0.504. The highest BCUT2D eigenvalue weighted by Crippen LogP contribution is 2.30. The summed E-state index contributed by atoms with van der Waals surface area (Å²) < 4.78 is 1.72. The number of thiol groups is 1. The lowest BCUT2D eigenvalue weighted by Gasteiger charge is -2.19. The number of rotatable bonds is 4. The number of nitrogens with zero attached hydrogens (tertiary/aromatic N) is 5. The maximum atomic E-state index is 13.3. The van der Waals surface area contributed by atoms with Crippen molar-refractivity contribution in [2.24, 2.45) is 5.92 Å². The van der Waals surface area contributed by atoms with Gasteiger partial charge in [0.15, 0.2) is 5.65 Å². The third-order valence-corrected chi connectivity index (χ3v) is 4.99. The molecule has 0 spiro atoms. The Balaban J connectivity index is 2.00. The molecule has 1 unspecified atom stereocenters. The summed E-state index contributed by atoms with van der Waals surface area (Å²) in [5.74, 6) is 0.846. The lowest BCUT2D eigenvalue weighted by Crippen LogP contribution is -2.29. The van der Waals surface area contributed by atoms with Crippen LogP contribution in [-0.4, -0.2) is 29.5 Å². The van der Waals surface area contributed by atoms with Crippen LogP contribution in [0.15, 0.2) is 35.6 Å². The standard InChI is InChI=1S/C19H20N6OS/c1-10(2)7-25-18(24-12-6-4-5-11(3)13(12)19(25)26)16(27)14-15-17(22-8-20-14)23-9-21-15/h4-6,8-10,16,27H,7H2,1-3H3,(H,20,21,22,23). The van der Waals surface area contributed by atoms with Gasteiger partial charge in [0.2, 0.25) is 0 Å². The molecule has 8 heteroatoms. The Labute approximate surface area is 161 Å². The quantitative estimate of drug-likeness (QED) is 0.531. The van der Waals surface area contributed by atoms with Gasteiger partial charge in [-0.2, -0.15) is 12.6 Å². The van der Waals surface area contributed by atoms with Gasteiger partial charge in [-0.1, -0.05) is 26.0 Å². The van der Waals surface area contributed by atoms with Gasteiger partial charge in [0.25, 0.3) is 5.56 Å². The topological polar surface area (TPSA) is 89.3 Å². The Hall–Kier alpha value is -2.74. The van der Waals surface area contributed by atoms with Crippen molar-refractivity contribution < 1.29 is 0 Å². The molecule has 4 aromatic rings. The number of nitrogens with one attached hydrogen (secondary N) is 1. The van der Waals surface area contributed by atoms with Crippen LogP contribution >= 0.6 is 12.6 Å². The van der Waals surface area contributed by atoms with Crippen LogP contribution in [0.1, 0.15) is 36.2 Å². The van der Waals surface area contributed by atoms with Crippen LogP contribution < -0.4 is 5.56 Å². The van der Waals surface area contributed by atoms with E-state index in [4.69, 9.17) is 17.6 Å². The summed E-state index contributed by atoms with van der Waals surface area (Å²) in [4.78, 5) is 33.9. The minimum Gasteiger partial charge on any atom is -0.329 e. The average molecular weight is 380 g/mol. The molecule has 0 aliphatic carbocycles. The zero-order valence-electron chi connectivity index (χ0n) is 15.3. The fourth-order valence-electron chi connectivity index (χ4n) is 3.30. The summed E-state index contributed by atoms with van der Waals surface area (Å²) >= 11 is 4.78. The molecular formula is C19H20N6OS. The first-order valence-corrected chi connectivity index (χ1v) is 9.31. The van der Waals surface area contributed by atoms with E-state index in [0.717, 1.165) is 5.56 Å². The number of fused-ring (bicyclic) bond motifs is 2. The molecule has 3 heterocycles. The second-order valence-electron chi connectivity index (χ2n) is 7.01. The van der Waals surface area contributed by atoms with Gasteiger partial charge in [0.05, 0.1) is 22.9 Å². The molecule has 1 aromatic carbocycles. The van der Waals surface area contributed by atoms with Gasteiger partial charge in [0, 0.05) is 6.54 Å². The minimum absolute atomic E-state index is 0.0480. The van der Waals surface area contributed by atoms with E-state index < -0.39 is 5.25 Å². The van der Waals surface area contributed by atoms with E-state index in [1.165, 1.54) is 6.33 Å². The maximum absolute atomic E-state index is 13.3. The normalized spacial score (nSPS) is 12.9. The monoisotopic (exact) mass is 380 g/mol. The number of hydrogen-bond donors (Lipinski definition) is 2. The van der Waals surface area contributed by atoms with Crippen molar-refractivity contribution in [2.45, 2.75) is 32.6 Å². The Morgan fingerprint density at radius 3 is 2.81 bits per heavy atom. The zero-order chi connectivity index (χ0) is 19.1. The Morgan fingerprint density at radius 2 is 2.04 bits per heavy atom. The van der Waals surface area contributed by atoms with Crippen LogP contribution in [0.2, 0.25) is 0 Å². The zero-order valence-corrected chi connectivity index (χ0v) is 16.2. The molecule has 4 rings (SSSR count). The van der Waals surface area contributed by atoms with Crippen LogP contribution in [0.4, 0.5) is 0 Å². The first kappa shape index (κ1) is 17.7. The molecule has 0 radical (unpaired) electrons. The molecule has 0 aliphatic rings. The molecule has 0 aliphatic heterocycles.